The molecule has 0 unspecified atom stereocenters. The Balaban J connectivity index is 2.94. The summed E-state index contributed by atoms with van der Waals surface area (Å²) in [5, 5.41) is 2.62. The predicted octanol–water partition coefficient (Wildman–Crippen LogP) is 3.85. The number of nitrogens with one attached hydrogen (secondary N) is 1. The molecular weight excluding hydrogens is 285 g/mol. The minimum Gasteiger partial charge on any atom is -0.369 e. The highest BCUT2D eigenvalue weighted by molar-refractivity contribution is 9.10. The third-order valence-electron chi connectivity index (χ3n) is 1.80. The molecular formula is C10H10BrF3N2. The van der Waals surface area contributed by atoms with Gasteiger partial charge in [0.15, 0.2) is 0 Å². The van der Waals surface area contributed by atoms with E-state index in [1.165, 1.54) is 6.20 Å². The first kappa shape index (κ1) is 13.0. The zero-order valence-corrected chi connectivity index (χ0v) is 9.90. The van der Waals surface area contributed by atoms with Crippen LogP contribution >= 0.6 is 15.9 Å². The fourth-order valence-corrected chi connectivity index (χ4v) is 1.42. The predicted molar refractivity (Wildman–Crippen MR) is 60.2 cm³/mol. The van der Waals surface area contributed by atoms with E-state index in [2.05, 4.69) is 32.8 Å². The Bertz CT molecular complexity index is 377. The summed E-state index contributed by atoms with van der Waals surface area (Å²) >= 11 is 2.96. The van der Waals surface area contributed by atoms with Gasteiger partial charge in [0.2, 0.25) is 0 Å². The second-order valence-electron chi connectivity index (χ2n) is 3.05. The van der Waals surface area contributed by atoms with Crippen molar-refractivity contribution in [2.75, 3.05) is 11.9 Å². The van der Waals surface area contributed by atoms with Crippen LogP contribution in [0.15, 0.2) is 29.4 Å². The Morgan fingerprint density at radius 2 is 2.19 bits per heavy atom. The van der Waals surface area contributed by atoms with Gasteiger partial charge in [-0.25, -0.2) is 4.98 Å². The van der Waals surface area contributed by atoms with E-state index in [0.717, 1.165) is 6.07 Å². The Morgan fingerprint density at radius 1 is 1.50 bits per heavy atom. The lowest BCUT2D eigenvalue weighted by molar-refractivity contribution is -0.137. The molecule has 0 spiro atoms. The third-order valence-corrected chi connectivity index (χ3v) is 2.23. The molecule has 0 aliphatic heterocycles. The number of hydrogen-bond acceptors (Lipinski definition) is 2. The maximum absolute atomic E-state index is 12.6. The van der Waals surface area contributed by atoms with E-state index in [4.69, 9.17) is 0 Å². The molecule has 0 atom stereocenters. The van der Waals surface area contributed by atoms with Gasteiger partial charge in [0.25, 0.3) is 0 Å². The molecule has 88 valence electrons. The fraction of sp³-hybridized carbons (Fsp3) is 0.300. The third kappa shape index (κ3) is 3.52. The Labute approximate surface area is 99.7 Å². The van der Waals surface area contributed by atoms with Crippen LogP contribution in [0.4, 0.5) is 19.0 Å². The van der Waals surface area contributed by atoms with Gasteiger partial charge in [-0.15, -0.1) is 6.58 Å². The minimum atomic E-state index is -4.41. The van der Waals surface area contributed by atoms with Gasteiger partial charge in [-0.05, 0) is 28.4 Å². The first-order chi connectivity index (χ1) is 7.45. The van der Waals surface area contributed by atoms with Gasteiger partial charge in [0.1, 0.15) is 5.82 Å². The number of anilines is 1. The van der Waals surface area contributed by atoms with Crippen LogP contribution in [-0.4, -0.2) is 11.5 Å². The zero-order valence-electron chi connectivity index (χ0n) is 8.31. The second kappa shape index (κ2) is 5.34. The van der Waals surface area contributed by atoms with E-state index >= 15 is 0 Å². The van der Waals surface area contributed by atoms with E-state index in [1.807, 2.05) is 0 Å². The Morgan fingerprint density at radius 3 is 2.75 bits per heavy atom. The summed E-state index contributed by atoms with van der Waals surface area (Å²) < 4.78 is 38.1. The van der Waals surface area contributed by atoms with Crippen molar-refractivity contribution in [3.8, 4) is 0 Å². The van der Waals surface area contributed by atoms with Crippen molar-refractivity contribution in [2.24, 2.45) is 0 Å². The van der Waals surface area contributed by atoms with Crippen LogP contribution in [0.2, 0.25) is 0 Å². The lowest BCUT2D eigenvalue weighted by Gasteiger charge is -2.13. The standard InChI is InChI=1S/C10H10BrF3N2/c1-2-3-4-15-9-8(10(12,13)14)5-7(11)6-16-9/h2,5-6H,1,3-4H2,(H,15,16). The number of rotatable bonds is 4. The molecule has 1 aromatic heterocycles. The van der Waals surface area contributed by atoms with Crippen molar-refractivity contribution in [3.63, 3.8) is 0 Å². The molecule has 0 saturated carbocycles. The van der Waals surface area contributed by atoms with Gasteiger partial charge in [0, 0.05) is 17.2 Å². The van der Waals surface area contributed by atoms with Crippen molar-refractivity contribution >= 4 is 21.7 Å². The minimum absolute atomic E-state index is 0.155. The number of alkyl halides is 3. The van der Waals surface area contributed by atoms with Crippen LogP contribution in [0.3, 0.4) is 0 Å². The molecule has 1 heterocycles. The van der Waals surface area contributed by atoms with E-state index in [0.29, 0.717) is 17.4 Å². The van der Waals surface area contributed by atoms with Crippen LogP contribution in [0, 0.1) is 0 Å². The van der Waals surface area contributed by atoms with Crippen LogP contribution in [0.1, 0.15) is 12.0 Å². The molecule has 0 aromatic carbocycles. The van der Waals surface area contributed by atoms with Gasteiger partial charge in [-0.1, -0.05) is 6.08 Å². The molecule has 0 aliphatic rings. The summed E-state index contributed by atoms with van der Waals surface area (Å²) in [5.41, 5.74) is -0.772. The summed E-state index contributed by atoms with van der Waals surface area (Å²) in [4.78, 5) is 3.70. The van der Waals surface area contributed by atoms with Crippen molar-refractivity contribution in [3.05, 3.63) is 35.0 Å². The van der Waals surface area contributed by atoms with Crippen LogP contribution in [-0.2, 0) is 6.18 Å². The molecule has 0 radical (unpaired) electrons. The molecule has 0 bridgehead atoms. The van der Waals surface area contributed by atoms with Crippen LogP contribution in [0.5, 0.6) is 0 Å². The van der Waals surface area contributed by atoms with Gasteiger partial charge >= 0.3 is 6.18 Å². The van der Waals surface area contributed by atoms with Crippen molar-refractivity contribution in [1.29, 1.82) is 0 Å². The van der Waals surface area contributed by atoms with Gasteiger partial charge in [-0.2, -0.15) is 13.2 Å². The molecule has 1 aromatic rings. The summed E-state index contributed by atoms with van der Waals surface area (Å²) in [5.74, 6) is -0.155. The number of nitrogens with zero attached hydrogens (tertiary/aromatic N) is 1. The number of pyridine rings is 1. The highest BCUT2D eigenvalue weighted by Gasteiger charge is 2.34. The largest absolute Gasteiger partial charge is 0.419 e. The monoisotopic (exact) mass is 294 g/mol. The normalized spacial score (nSPS) is 11.2. The molecule has 0 amide bonds. The molecule has 1 N–H and O–H groups in total. The number of aromatic nitrogens is 1. The highest BCUT2D eigenvalue weighted by Crippen LogP contribution is 2.35. The SMILES string of the molecule is C=CCCNc1ncc(Br)cc1C(F)(F)F. The van der Waals surface area contributed by atoms with Gasteiger partial charge in [0.05, 0.1) is 5.56 Å². The lowest BCUT2D eigenvalue weighted by Crippen LogP contribution is -2.13. The smallest absolute Gasteiger partial charge is 0.369 e. The maximum atomic E-state index is 12.6. The molecule has 0 aliphatic carbocycles. The van der Waals surface area contributed by atoms with Crippen molar-refractivity contribution in [2.45, 2.75) is 12.6 Å². The molecule has 2 nitrogen and oxygen atoms in total. The first-order valence-corrected chi connectivity index (χ1v) is 5.32. The number of hydrogen-bond donors (Lipinski definition) is 1. The summed E-state index contributed by atoms with van der Waals surface area (Å²) in [6.45, 7) is 3.86. The summed E-state index contributed by atoms with van der Waals surface area (Å²) in [6, 6.07) is 1.00. The molecule has 0 fully saturated rings. The number of halogens is 4. The Kier molecular flexibility index (Phi) is 4.35. The van der Waals surface area contributed by atoms with Crippen molar-refractivity contribution in [1.82, 2.24) is 4.98 Å². The van der Waals surface area contributed by atoms with Crippen LogP contribution < -0.4 is 5.32 Å². The van der Waals surface area contributed by atoms with E-state index in [1.54, 1.807) is 6.08 Å². The summed E-state index contributed by atoms with van der Waals surface area (Å²) in [7, 11) is 0. The maximum Gasteiger partial charge on any atom is 0.419 e. The van der Waals surface area contributed by atoms with Crippen LogP contribution in [0.25, 0.3) is 0 Å². The highest BCUT2D eigenvalue weighted by atomic mass is 79.9. The quantitative estimate of drug-likeness (QED) is 0.674. The average molecular weight is 295 g/mol. The van der Waals surface area contributed by atoms with Crippen molar-refractivity contribution < 1.29 is 13.2 Å². The Hall–Kier alpha value is -1.04. The van der Waals surface area contributed by atoms with Gasteiger partial charge in [-0.3, -0.25) is 0 Å². The van der Waals surface area contributed by atoms with E-state index < -0.39 is 11.7 Å². The second-order valence-corrected chi connectivity index (χ2v) is 3.97. The molecule has 1 rings (SSSR count). The topological polar surface area (TPSA) is 24.9 Å². The summed E-state index contributed by atoms with van der Waals surface area (Å²) in [6.07, 6.45) is -0.882. The molecule has 16 heavy (non-hydrogen) atoms. The molecule has 0 saturated heterocycles. The zero-order chi connectivity index (χ0) is 12.2. The first-order valence-electron chi connectivity index (χ1n) is 4.52. The van der Waals surface area contributed by atoms with E-state index in [-0.39, 0.29) is 5.82 Å². The average Bonchev–Trinajstić information content (AvgIpc) is 2.19. The van der Waals surface area contributed by atoms with Gasteiger partial charge < -0.3 is 5.32 Å². The van der Waals surface area contributed by atoms with E-state index in [9.17, 15) is 13.2 Å². The molecule has 6 heteroatoms. The fourth-order valence-electron chi connectivity index (χ4n) is 1.09. The lowest BCUT2D eigenvalue weighted by atomic mass is 10.2.